The van der Waals surface area contributed by atoms with Gasteiger partial charge in [0.15, 0.2) is 0 Å². The highest BCUT2D eigenvalue weighted by Crippen LogP contribution is 2.46. The van der Waals surface area contributed by atoms with E-state index in [1.807, 2.05) is 22.7 Å². The van der Waals surface area contributed by atoms with Crippen molar-refractivity contribution in [3.05, 3.63) is 35.4 Å². The van der Waals surface area contributed by atoms with Crippen LogP contribution in [0.2, 0.25) is 0 Å². The molecule has 0 saturated heterocycles. The highest BCUT2D eigenvalue weighted by molar-refractivity contribution is 8.19. The molecule has 0 spiro atoms. The zero-order chi connectivity index (χ0) is 17.2. The van der Waals surface area contributed by atoms with Gasteiger partial charge >= 0.3 is 0 Å². The van der Waals surface area contributed by atoms with Crippen LogP contribution < -0.4 is 9.52 Å². The first-order valence-electron chi connectivity index (χ1n) is 9.00. The zero-order valence-electron chi connectivity index (χ0n) is 14.7. The minimum absolute atomic E-state index is 1.25. The van der Waals surface area contributed by atoms with Crippen LogP contribution in [0.15, 0.2) is 24.3 Å². The van der Waals surface area contributed by atoms with Crippen molar-refractivity contribution in [2.45, 2.75) is 25.7 Å². The molecule has 0 radical (unpaired) electrons. The number of thiophene rings is 2. The lowest BCUT2D eigenvalue weighted by Crippen LogP contribution is -2.34. The molecule has 130 valence electrons. The van der Waals surface area contributed by atoms with E-state index in [4.69, 9.17) is 11.8 Å². The molecule has 3 aromatic rings. The lowest BCUT2D eigenvalue weighted by atomic mass is 9.91. The lowest BCUT2D eigenvalue weighted by Gasteiger charge is -2.37. The van der Waals surface area contributed by atoms with Crippen LogP contribution in [0.25, 0.3) is 19.8 Å². The summed E-state index contributed by atoms with van der Waals surface area (Å²) in [5, 5.41) is 1.46. The van der Waals surface area contributed by atoms with Gasteiger partial charge in [0, 0.05) is 37.8 Å². The number of nitrogens with zero attached hydrogens (tertiary/aromatic N) is 1. The highest BCUT2D eigenvalue weighted by atomic mass is 32.4. The Balaban J connectivity index is 1.67. The van der Waals surface area contributed by atoms with E-state index in [1.165, 1.54) is 63.2 Å². The second-order valence-electron chi connectivity index (χ2n) is 7.57. The SMILES string of the molecule is CP(C)(=S)c1ccc(-c2cc3cc4c5c(c3s2)CCCN5CCC4)s1. The second-order valence-corrected chi connectivity index (χ2v) is 15.9. The molecule has 0 fully saturated rings. The number of rotatable bonds is 2. The monoisotopic (exact) mass is 403 g/mol. The maximum Gasteiger partial charge on any atom is 0.0455 e. The van der Waals surface area contributed by atoms with Crippen molar-refractivity contribution in [3.63, 3.8) is 0 Å². The molecule has 0 bridgehead atoms. The van der Waals surface area contributed by atoms with Crippen LogP contribution in [0.3, 0.4) is 0 Å². The fourth-order valence-electron chi connectivity index (χ4n) is 4.24. The van der Waals surface area contributed by atoms with E-state index in [0.717, 1.165) is 0 Å². The van der Waals surface area contributed by atoms with Crippen molar-refractivity contribution >= 4 is 60.9 Å². The van der Waals surface area contributed by atoms with Crippen LogP contribution in [0.5, 0.6) is 0 Å². The molecule has 5 heteroatoms. The van der Waals surface area contributed by atoms with Crippen molar-refractivity contribution in [3.8, 4) is 9.75 Å². The summed E-state index contributed by atoms with van der Waals surface area (Å²) in [6.45, 7) is 6.95. The van der Waals surface area contributed by atoms with Gasteiger partial charge in [0.25, 0.3) is 0 Å². The van der Waals surface area contributed by atoms with E-state index in [9.17, 15) is 0 Å². The van der Waals surface area contributed by atoms with E-state index in [1.54, 1.807) is 16.8 Å². The number of hydrogen-bond donors (Lipinski definition) is 0. The summed E-state index contributed by atoms with van der Waals surface area (Å²) >= 11 is 9.64. The van der Waals surface area contributed by atoms with E-state index in [0.29, 0.717) is 0 Å². The van der Waals surface area contributed by atoms with Gasteiger partial charge in [-0.2, -0.15) is 0 Å². The quantitative estimate of drug-likeness (QED) is 0.506. The minimum atomic E-state index is -1.33. The predicted molar refractivity (Wildman–Crippen MR) is 120 cm³/mol. The Hall–Kier alpha value is -0.670. The summed E-state index contributed by atoms with van der Waals surface area (Å²) in [7, 11) is 0. The van der Waals surface area contributed by atoms with E-state index in [-0.39, 0.29) is 0 Å². The van der Waals surface area contributed by atoms with Crippen molar-refractivity contribution in [1.82, 2.24) is 0 Å². The van der Waals surface area contributed by atoms with Gasteiger partial charge in [-0.15, -0.1) is 22.7 Å². The summed E-state index contributed by atoms with van der Waals surface area (Å²) < 4.78 is 2.93. The maximum absolute atomic E-state index is 5.73. The third kappa shape index (κ3) is 2.73. The van der Waals surface area contributed by atoms with E-state index < -0.39 is 6.04 Å². The third-order valence-corrected chi connectivity index (χ3v) is 11.4. The standard InChI is InChI=1S/C20H22NPS3/c1-22(2,23)18-8-7-16(24-18)17-12-14-11-13-5-3-9-21-10-4-6-15(19(13)21)20(14)25-17/h7-8,11-12H,3-6,9-10H2,1-2H3. The molecule has 1 nitrogen and oxygen atoms in total. The zero-order valence-corrected chi connectivity index (χ0v) is 18.0. The second kappa shape index (κ2) is 5.92. The van der Waals surface area contributed by atoms with Crippen molar-refractivity contribution in [1.29, 1.82) is 0 Å². The molecule has 0 unspecified atom stereocenters. The molecule has 0 N–H and O–H groups in total. The Kier molecular flexibility index (Phi) is 3.91. The molecule has 4 heterocycles. The van der Waals surface area contributed by atoms with Crippen molar-refractivity contribution in [2.75, 3.05) is 31.3 Å². The Bertz CT molecular complexity index is 1020. The van der Waals surface area contributed by atoms with Crippen LogP contribution in [-0.2, 0) is 24.6 Å². The summed E-state index contributed by atoms with van der Waals surface area (Å²) in [5.74, 6) is 0. The molecule has 0 aliphatic carbocycles. The van der Waals surface area contributed by atoms with Gasteiger partial charge in [-0.3, -0.25) is 0 Å². The van der Waals surface area contributed by atoms with Crippen LogP contribution in [-0.4, -0.2) is 26.4 Å². The van der Waals surface area contributed by atoms with Crippen LogP contribution in [0.1, 0.15) is 24.0 Å². The molecule has 25 heavy (non-hydrogen) atoms. The van der Waals surface area contributed by atoms with Crippen LogP contribution in [0.4, 0.5) is 5.69 Å². The fraction of sp³-hybridized carbons (Fsp3) is 0.400. The molecule has 2 aromatic heterocycles. The summed E-state index contributed by atoms with van der Waals surface area (Å²) in [6, 6.07) is 8.12. The first kappa shape index (κ1) is 16.5. The molecular formula is C20H22NPS3. The summed E-state index contributed by atoms with van der Waals surface area (Å²) in [4.78, 5) is 5.46. The molecule has 2 aliphatic rings. The molecule has 1 aromatic carbocycles. The van der Waals surface area contributed by atoms with Gasteiger partial charge in [-0.05, 0) is 85.8 Å². The smallest absolute Gasteiger partial charge is 0.0455 e. The molecular weight excluding hydrogens is 381 g/mol. The molecule has 0 saturated carbocycles. The summed E-state index contributed by atoms with van der Waals surface area (Å²) in [5.41, 5.74) is 4.80. The number of benzene rings is 1. The minimum Gasteiger partial charge on any atom is -0.371 e. The average Bonchev–Trinajstić information content (AvgIpc) is 3.21. The lowest BCUT2D eigenvalue weighted by molar-refractivity contribution is 0.637. The van der Waals surface area contributed by atoms with E-state index in [2.05, 4.69) is 42.5 Å². The largest absolute Gasteiger partial charge is 0.371 e. The average molecular weight is 404 g/mol. The van der Waals surface area contributed by atoms with Gasteiger partial charge in [0.1, 0.15) is 0 Å². The fourth-order valence-corrected chi connectivity index (χ4v) is 8.40. The Morgan fingerprint density at radius 1 is 1.00 bits per heavy atom. The Morgan fingerprint density at radius 3 is 2.56 bits per heavy atom. The number of fused-ring (bicyclic) bond motifs is 2. The van der Waals surface area contributed by atoms with E-state index >= 15 is 0 Å². The Labute approximate surface area is 162 Å². The van der Waals surface area contributed by atoms with Crippen LogP contribution in [0, 0.1) is 0 Å². The number of hydrogen-bond acceptors (Lipinski definition) is 4. The normalized spacial score (nSPS) is 17.1. The molecule has 0 atom stereocenters. The molecule has 0 amide bonds. The topological polar surface area (TPSA) is 3.24 Å². The van der Waals surface area contributed by atoms with Crippen molar-refractivity contribution < 1.29 is 0 Å². The molecule has 5 rings (SSSR count). The van der Waals surface area contributed by atoms with Gasteiger partial charge in [-0.1, -0.05) is 11.8 Å². The predicted octanol–water partition coefficient (Wildman–Crippen LogP) is 5.69. The van der Waals surface area contributed by atoms with Crippen molar-refractivity contribution in [2.24, 2.45) is 0 Å². The van der Waals surface area contributed by atoms with Crippen LogP contribution >= 0.6 is 28.7 Å². The van der Waals surface area contributed by atoms with Gasteiger partial charge in [-0.25, -0.2) is 0 Å². The number of anilines is 1. The summed E-state index contributed by atoms with van der Waals surface area (Å²) in [6.07, 6.45) is 5.10. The maximum atomic E-state index is 5.73. The third-order valence-electron chi connectivity index (χ3n) is 5.37. The van der Waals surface area contributed by atoms with Gasteiger partial charge in [0.2, 0.25) is 0 Å². The highest BCUT2D eigenvalue weighted by Gasteiger charge is 2.26. The molecule has 2 aliphatic heterocycles. The van der Waals surface area contributed by atoms with Gasteiger partial charge in [0.05, 0.1) is 0 Å². The number of aryl methyl sites for hydroxylation is 2. The Morgan fingerprint density at radius 2 is 1.80 bits per heavy atom. The first-order valence-corrected chi connectivity index (χ1v) is 14.3. The van der Waals surface area contributed by atoms with Gasteiger partial charge < -0.3 is 4.90 Å². The first-order chi connectivity index (χ1) is 12.0.